The van der Waals surface area contributed by atoms with E-state index in [0.29, 0.717) is 0 Å². The molecular formula is C10H12INO. The van der Waals surface area contributed by atoms with Gasteiger partial charge in [0.05, 0.1) is 3.92 Å². The number of amides is 1. The summed E-state index contributed by atoms with van der Waals surface area (Å²) in [7, 11) is 0. The Morgan fingerprint density at radius 2 is 2.08 bits per heavy atom. The molecule has 1 unspecified atom stereocenters. The Morgan fingerprint density at radius 1 is 1.46 bits per heavy atom. The first-order chi connectivity index (χ1) is 6.24. The summed E-state index contributed by atoms with van der Waals surface area (Å²) in [6.07, 6.45) is 0.860. The summed E-state index contributed by atoms with van der Waals surface area (Å²) in [4.78, 5) is 11.4. The van der Waals surface area contributed by atoms with E-state index in [4.69, 9.17) is 0 Å². The van der Waals surface area contributed by atoms with E-state index >= 15 is 0 Å². The minimum atomic E-state index is 0.0535. The van der Waals surface area contributed by atoms with Gasteiger partial charge in [-0.15, -0.1) is 0 Å². The molecule has 1 aromatic carbocycles. The monoisotopic (exact) mass is 289 g/mol. The average molecular weight is 289 g/mol. The van der Waals surface area contributed by atoms with Gasteiger partial charge < -0.3 is 5.32 Å². The van der Waals surface area contributed by atoms with E-state index in [1.807, 2.05) is 37.3 Å². The van der Waals surface area contributed by atoms with Crippen molar-refractivity contribution in [1.82, 2.24) is 0 Å². The largest absolute Gasteiger partial charge is 0.325 e. The van der Waals surface area contributed by atoms with Crippen molar-refractivity contribution in [1.29, 1.82) is 0 Å². The second-order valence-electron chi connectivity index (χ2n) is 2.73. The van der Waals surface area contributed by atoms with Gasteiger partial charge in [-0.2, -0.15) is 0 Å². The van der Waals surface area contributed by atoms with Gasteiger partial charge in [0.1, 0.15) is 0 Å². The van der Waals surface area contributed by atoms with E-state index in [0.717, 1.165) is 12.1 Å². The van der Waals surface area contributed by atoms with Gasteiger partial charge in [-0.25, -0.2) is 0 Å². The predicted octanol–water partition coefficient (Wildman–Crippen LogP) is 2.84. The smallest absolute Gasteiger partial charge is 0.237 e. The van der Waals surface area contributed by atoms with E-state index in [1.54, 1.807) is 0 Å². The number of rotatable bonds is 3. The molecule has 0 aromatic heterocycles. The Bertz CT molecular complexity index is 274. The van der Waals surface area contributed by atoms with Crippen molar-refractivity contribution in [3.8, 4) is 0 Å². The molecule has 1 atom stereocenters. The molecule has 0 bridgehead atoms. The van der Waals surface area contributed by atoms with E-state index in [2.05, 4.69) is 27.9 Å². The molecule has 0 saturated heterocycles. The van der Waals surface area contributed by atoms with Crippen molar-refractivity contribution in [2.75, 3.05) is 5.32 Å². The molecule has 1 rings (SSSR count). The lowest BCUT2D eigenvalue weighted by Crippen LogP contribution is -2.21. The lowest BCUT2D eigenvalue weighted by atomic mass is 10.3. The SMILES string of the molecule is CCC(I)C(=O)Nc1ccccc1. The normalized spacial score (nSPS) is 12.2. The van der Waals surface area contributed by atoms with Crippen LogP contribution in [0.5, 0.6) is 0 Å². The Morgan fingerprint density at radius 3 is 2.62 bits per heavy atom. The third-order valence-electron chi connectivity index (χ3n) is 1.68. The van der Waals surface area contributed by atoms with Crippen LogP contribution in [-0.4, -0.2) is 9.83 Å². The van der Waals surface area contributed by atoms with E-state index in [9.17, 15) is 4.79 Å². The minimum Gasteiger partial charge on any atom is -0.325 e. The van der Waals surface area contributed by atoms with Gasteiger partial charge in [0.25, 0.3) is 0 Å². The topological polar surface area (TPSA) is 29.1 Å². The summed E-state index contributed by atoms with van der Waals surface area (Å²) in [5.74, 6) is 0.0781. The molecule has 1 aromatic rings. The zero-order valence-electron chi connectivity index (χ0n) is 7.46. The number of benzene rings is 1. The number of alkyl halides is 1. The Labute approximate surface area is 91.9 Å². The number of hydrogen-bond donors (Lipinski definition) is 1. The molecule has 1 N–H and O–H groups in total. The molecule has 0 aliphatic heterocycles. The van der Waals surface area contributed by atoms with Gasteiger partial charge in [0.2, 0.25) is 5.91 Å². The Hall–Kier alpha value is -0.580. The molecule has 0 aliphatic rings. The van der Waals surface area contributed by atoms with Crippen molar-refractivity contribution >= 4 is 34.2 Å². The third-order valence-corrected chi connectivity index (χ3v) is 3.13. The van der Waals surface area contributed by atoms with Gasteiger partial charge >= 0.3 is 0 Å². The van der Waals surface area contributed by atoms with E-state index < -0.39 is 0 Å². The molecule has 3 heteroatoms. The Kier molecular flexibility index (Phi) is 4.21. The summed E-state index contributed by atoms with van der Waals surface area (Å²) >= 11 is 2.15. The van der Waals surface area contributed by atoms with E-state index in [-0.39, 0.29) is 9.83 Å². The zero-order chi connectivity index (χ0) is 9.68. The first-order valence-corrected chi connectivity index (χ1v) is 5.48. The molecule has 2 nitrogen and oxygen atoms in total. The van der Waals surface area contributed by atoms with Crippen LogP contribution in [0.3, 0.4) is 0 Å². The summed E-state index contributed by atoms with van der Waals surface area (Å²) in [5, 5.41) is 2.85. The molecular weight excluding hydrogens is 277 g/mol. The number of carbonyl (C=O) groups is 1. The number of hydrogen-bond acceptors (Lipinski definition) is 1. The number of anilines is 1. The highest BCUT2D eigenvalue weighted by Crippen LogP contribution is 2.10. The van der Waals surface area contributed by atoms with E-state index in [1.165, 1.54) is 0 Å². The van der Waals surface area contributed by atoms with Crippen molar-refractivity contribution in [2.24, 2.45) is 0 Å². The second kappa shape index (κ2) is 5.21. The maximum Gasteiger partial charge on any atom is 0.237 e. The number of para-hydroxylation sites is 1. The average Bonchev–Trinajstić information content (AvgIpc) is 2.18. The van der Waals surface area contributed by atoms with Crippen LogP contribution in [0.2, 0.25) is 0 Å². The summed E-state index contributed by atoms with van der Waals surface area (Å²) in [6, 6.07) is 9.51. The van der Waals surface area contributed by atoms with Crippen LogP contribution in [0.1, 0.15) is 13.3 Å². The molecule has 0 spiro atoms. The minimum absolute atomic E-state index is 0.0535. The molecule has 0 heterocycles. The predicted molar refractivity (Wildman–Crippen MR) is 63.2 cm³/mol. The summed E-state index contributed by atoms with van der Waals surface area (Å²) < 4.78 is 0.0535. The summed E-state index contributed by atoms with van der Waals surface area (Å²) in [6.45, 7) is 2.00. The molecule has 70 valence electrons. The maximum absolute atomic E-state index is 11.4. The number of carbonyl (C=O) groups excluding carboxylic acids is 1. The molecule has 0 fully saturated rings. The molecule has 1 amide bonds. The van der Waals surface area contributed by atoms with Crippen LogP contribution in [0.4, 0.5) is 5.69 Å². The lowest BCUT2D eigenvalue weighted by molar-refractivity contribution is -0.115. The number of nitrogens with one attached hydrogen (secondary N) is 1. The second-order valence-corrected chi connectivity index (χ2v) is 4.23. The molecule has 0 saturated carbocycles. The van der Waals surface area contributed by atoms with Gasteiger partial charge in [-0.05, 0) is 18.6 Å². The summed E-state index contributed by atoms with van der Waals surface area (Å²) in [5.41, 5.74) is 0.864. The fraction of sp³-hybridized carbons (Fsp3) is 0.300. The fourth-order valence-electron chi connectivity index (χ4n) is 0.927. The van der Waals surface area contributed by atoms with Crippen LogP contribution in [-0.2, 0) is 4.79 Å². The highest BCUT2D eigenvalue weighted by Gasteiger charge is 2.11. The first kappa shape index (κ1) is 10.5. The maximum atomic E-state index is 11.4. The van der Waals surface area contributed by atoms with Crippen molar-refractivity contribution in [3.63, 3.8) is 0 Å². The lowest BCUT2D eigenvalue weighted by Gasteiger charge is -2.07. The highest BCUT2D eigenvalue weighted by atomic mass is 127. The first-order valence-electron chi connectivity index (χ1n) is 4.24. The standard InChI is InChI=1S/C10H12INO/c1-2-9(11)10(13)12-8-6-4-3-5-7-8/h3-7,9H,2H2,1H3,(H,12,13). The third kappa shape index (κ3) is 3.34. The fourth-order valence-corrected chi connectivity index (χ4v) is 1.08. The van der Waals surface area contributed by atoms with Gasteiger partial charge in [-0.1, -0.05) is 47.7 Å². The highest BCUT2D eigenvalue weighted by molar-refractivity contribution is 14.1. The van der Waals surface area contributed by atoms with Crippen molar-refractivity contribution < 1.29 is 4.79 Å². The van der Waals surface area contributed by atoms with Crippen molar-refractivity contribution in [2.45, 2.75) is 17.3 Å². The quantitative estimate of drug-likeness (QED) is 0.673. The van der Waals surface area contributed by atoms with Gasteiger partial charge in [0, 0.05) is 5.69 Å². The van der Waals surface area contributed by atoms with Crippen molar-refractivity contribution in [3.05, 3.63) is 30.3 Å². The van der Waals surface area contributed by atoms with Crippen LogP contribution in [0.25, 0.3) is 0 Å². The van der Waals surface area contributed by atoms with Crippen LogP contribution in [0, 0.1) is 0 Å². The van der Waals surface area contributed by atoms with Crippen LogP contribution in [0.15, 0.2) is 30.3 Å². The van der Waals surface area contributed by atoms with Gasteiger partial charge in [0.15, 0.2) is 0 Å². The van der Waals surface area contributed by atoms with Crippen LogP contribution < -0.4 is 5.32 Å². The number of halogens is 1. The van der Waals surface area contributed by atoms with Gasteiger partial charge in [-0.3, -0.25) is 4.79 Å². The zero-order valence-corrected chi connectivity index (χ0v) is 9.61. The molecule has 0 radical (unpaired) electrons. The van der Waals surface area contributed by atoms with Crippen LogP contribution >= 0.6 is 22.6 Å². The Balaban J connectivity index is 2.55. The molecule has 13 heavy (non-hydrogen) atoms. The molecule has 0 aliphatic carbocycles.